The summed E-state index contributed by atoms with van der Waals surface area (Å²) in [5.41, 5.74) is 1.16. The largest absolute Gasteiger partial charge is 0.393 e. The summed E-state index contributed by atoms with van der Waals surface area (Å²) < 4.78 is 0. The summed E-state index contributed by atoms with van der Waals surface area (Å²) in [7, 11) is 0. The molecule has 1 aliphatic carbocycles. The van der Waals surface area contributed by atoms with Gasteiger partial charge in [0, 0.05) is 17.3 Å². The van der Waals surface area contributed by atoms with Crippen molar-refractivity contribution in [3.05, 3.63) is 29.8 Å². The summed E-state index contributed by atoms with van der Waals surface area (Å²) in [6.07, 6.45) is 2.89. The normalized spacial score (nSPS) is 22.1. The van der Waals surface area contributed by atoms with Gasteiger partial charge in [0.1, 0.15) is 0 Å². The van der Waals surface area contributed by atoms with Gasteiger partial charge in [0.15, 0.2) is 5.78 Å². The van der Waals surface area contributed by atoms with Gasteiger partial charge < -0.3 is 15.7 Å². The van der Waals surface area contributed by atoms with E-state index >= 15 is 0 Å². The molecule has 2 rings (SSSR count). The van der Waals surface area contributed by atoms with Crippen molar-refractivity contribution >= 4 is 17.5 Å². The predicted octanol–water partition coefficient (Wildman–Crippen LogP) is 2.31. The fraction of sp³-hybridized carbons (Fsp3) is 0.467. The lowest BCUT2D eigenvalue weighted by Gasteiger charge is -2.26. The van der Waals surface area contributed by atoms with Crippen LogP contribution in [0.4, 0.5) is 10.5 Å². The number of nitrogens with one attached hydrogen (secondary N) is 2. The first-order valence-corrected chi connectivity index (χ1v) is 6.91. The molecule has 5 heteroatoms. The van der Waals surface area contributed by atoms with Crippen molar-refractivity contribution in [2.45, 2.75) is 44.8 Å². The van der Waals surface area contributed by atoms with E-state index in [0.29, 0.717) is 17.7 Å². The third kappa shape index (κ3) is 4.06. The minimum Gasteiger partial charge on any atom is -0.393 e. The van der Waals surface area contributed by atoms with E-state index in [9.17, 15) is 14.7 Å². The molecule has 1 aromatic rings. The third-order valence-electron chi connectivity index (χ3n) is 3.51. The van der Waals surface area contributed by atoms with Gasteiger partial charge in [-0.15, -0.1) is 0 Å². The van der Waals surface area contributed by atoms with Crippen LogP contribution in [0.3, 0.4) is 0 Å². The molecule has 2 amide bonds. The van der Waals surface area contributed by atoms with E-state index in [0.717, 1.165) is 19.3 Å². The van der Waals surface area contributed by atoms with E-state index < -0.39 is 0 Å². The fourth-order valence-corrected chi connectivity index (χ4v) is 2.46. The van der Waals surface area contributed by atoms with Gasteiger partial charge in [-0.05, 0) is 44.7 Å². The summed E-state index contributed by atoms with van der Waals surface area (Å²) in [5.74, 6) is -0.0375. The first-order chi connectivity index (χ1) is 9.54. The Hall–Kier alpha value is -1.88. The molecule has 0 aromatic heterocycles. The number of Topliss-reactive ketones (excluding diaryl/α,β-unsaturated/α-hetero) is 1. The van der Waals surface area contributed by atoms with E-state index in [1.807, 2.05) is 0 Å². The molecule has 0 spiro atoms. The highest BCUT2D eigenvalue weighted by molar-refractivity contribution is 5.96. The van der Waals surface area contributed by atoms with Crippen LogP contribution in [0.1, 0.15) is 43.0 Å². The van der Waals surface area contributed by atoms with Gasteiger partial charge in [0.25, 0.3) is 0 Å². The lowest BCUT2D eigenvalue weighted by Crippen LogP contribution is -2.41. The molecule has 1 aliphatic rings. The Labute approximate surface area is 118 Å². The van der Waals surface area contributed by atoms with Crippen LogP contribution in [0.25, 0.3) is 0 Å². The number of rotatable bonds is 3. The summed E-state index contributed by atoms with van der Waals surface area (Å²) in [6.45, 7) is 1.49. The van der Waals surface area contributed by atoms with Crippen LogP contribution >= 0.6 is 0 Å². The molecule has 0 bridgehead atoms. The molecular weight excluding hydrogens is 256 g/mol. The standard InChI is InChI=1S/C15H20N2O3/c1-10(18)11-4-2-5-12(8-11)16-15(20)17-13-6-3-7-14(19)9-13/h2,4-5,8,13-14,19H,3,6-7,9H2,1H3,(H2,16,17,20). The lowest BCUT2D eigenvalue weighted by atomic mass is 9.93. The maximum absolute atomic E-state index is 11.9. The monoisotopic (exact) mass is 276 g/mol. The van der Waals surface area contributed by atoms with Gasteiger partial charge in [-0.2, -0.15) is 0 Å². The molecule has 108 valence electrons. The number of carbonyl (C=O) groups excluding carboxylic acids is 2. The van der Waals surface area contributed by atoms with Crippen molar-refractivity contribution in [3.63, 3.8) is 0 Å². The molecular formula is C15H20N2O3. The summed E-state index contributed by atoms with van der Waals surface area (Å²) in [4.78, 5) is 23.2. The Balaban J connectivity index is 1.91. The predicted molar refractivity (Wildman–Crippen MR) is 76.9 cm³/mol. The smallest absolute Gasteiger partial charge is 0.319 e. The zero-order chi connectivity index (χ0) is 14.5. The highest BCUT2D eigenvalue weighted by Gasteiger charge is 2.21. The lowest BCUT2D eigenvalue weighted by molar-refractivity contribution is 0.101. The Morgan fingerprint density at radius 1 is 1.30 bits per heavy atom. The van der Waals surface area contributed by atoms with E-state index in [2.05, 4.69) is 10.6 Å². The third-order valence-corrected chi connectivity index (χ3v) is 3.51. The van der Waals surface area contributed by atoms with Gasteiger partial charge in [-0.1, -0.05) is 12.1 Å². The van der Waals surface area contributed by atoms with Crippen LogP contribution in [0.15, 0.2) is 24.3 Å². The van der Waals surface area contributed by atoms with Crippen molar-refractivity contribution in [2.24, 2.45) is 0 Å². The Morgan fingerprint density at radius 3 is 2.80 bits per heavy atom. The molecule has 1 saturated carbocycles. The highest BCUT2D eigenvalue weighted by Crippen LogP contribution is 2.18. The molecule has 20 heavy (non-hydrogen) atoms. The van der Waals surface area contributed by atoms with Crippen LogP contribution in [0, 0.1) is 0 Å². The number of ketones is 1. The topological polar surface area (TPSA) is 78.4 Å². The number of benzene rings is 1. The number of hydrogen-bond donors (Lipinski definition) is 3. The highest BCUT2D eigenvalue weighted by atomic mass is 16.3. The Bertz CT molecular complexity index is 502. The van der Waals surface area contributed by atoms with Crippen molar-refractivity contribution in [3.8, 4) is 0 Å². The average molecular weight is 276 g/mol. The maximum Gasteiger partial charge on any atom is 0.319 e. The first-order valence-electron chi connectivity index (χ1n) is 6.91. The van der Waals surface area contributed by atoms with Crippen LogP contribution in [-0.2, 0) is 0 Å². The van der Waals surface area contributed by atoms with Crippen molar-refractivity contribution < 1.29 is 14.7 Å². The van der Waals surface area contributed by atoms with Gasteiger partial charge in [0.2, 0.25) is 0 Å². The van der Waals surface area contributed by atoms with Crippen molar-refractivity contribution in [2.75, 3.05) is 5.32 Å². The number of carbonyl (C=O) groups is 2. The van der Waals surface area contributed by atoms with Gasteiger partial charge in [0.05, 0.1) is 6.10 Å². The molecule has 2 unspecified atom stereocenters. The Morgan fingerprint density at radius 2 is 2.10 bits per heavy atom. The maximum atomic E-state index is 11.9. The molecule has 0 heterocycles. The second-order valence-corrected chi connectivity index (χ2v) is 5.25. The number of anilines is 1. The number of aliphatic hydroxyl groups excluding tert-OH is 1. The number of aliphatic hydroxyl groups is 1. The molecule has 5 nitrogen and oxygen atoms in total. The Kier molecular flexibility index (Phi) is 4.74. The summed E-state index contributed by atoms with van der Waals surface area (Å²) in [6, 6.07) is 6.54. The molecule has 0 radical (unpaired) electrons. The fourth-order valence-electron chi connectivity index (χ4n) is 2.46. The van der Waals surface area contributed by atoms with Crippen molar-refractivity contribution in [1.82, 2.24) is 5.32 Å². The molecule has 1 aromatic carbocycles. The zero-order valence-electron chi connectivity index (χ0n) is 11.6. The van der Waals surface area contributed by atoms with Gasteiger partial charge in [-0.3, -0.25) is 4.79 Å². The number of hydrogen-bond acceptors (Lipinski definition) is 3. The van der Waals surface area contributed by atoms with E-state index in [4.69, 9.17) is 0 Å². The van der Waals surface area contributed by atoms with Crippen molar-refractivity contribution in [1.29, 1.82) is 0 Å². The molecule has 1 fully saturated rings. The summed E-state index contributed by atoms with van der Waals surface area (Å²) in [5, 5.41) is 15.1. The van der Waals surface area contributed by atoms with E-state index in [1.165, 1.54) is 6.92 Å². The number of amides is 2. The molecule has 3 N–H and O–H groups in total. The van der Waals surface area contributed by atoms with Gasteiger partial charge in [-0.25, -0.2) is 4.79 Å². The van der Waals surface area contributed by atoms with Crippen LogP contribution in [0.2, 0.25) is 0 Å². The minimum atomic E-state index is -0.324. The van der Waals surface area contributed by atoms with Crippen LogP contribution < -0.4 is 10.6 Å². The molecule has 0 saturated heterocycles. The van der Waals surface area contributed by atoms with E-state index in [1.54, 1.807) is 24.3 Å². The van der Waals surface area contributed by atoms with Crippen LogP contribution in [-0.4, -0.2) is 29.1 Å². The quantitative estimate of drug-likeness (QED) is 0.741. The SMILES string of the molecule is CC(=O)c1cccc(NC(=O)NC2CCCC(O)C2)c1. The second kappa shape index (κ2) is 6.52. The average Bonchev–Trinajstić information content (AvgIpc) is 2.38. The van der Waals surface area contributed by atoms with Crippen LogP contribution in [0.5, 0.6) is 0 Å². The molecule has 0 aliphatic heterocycles. The zero-order valence-corrected chi connectivity index (χ0v) is 11.6. The first kappa shape index (κ1) is 14.5. The van der Waals surface area contributed by atoms with E-state index in [-0.39, 0.29) is 24.0 Å². The summed E-state index contributed by atoms with van der Waals surface area (Å²) >= 11 is 0. The minimum absolute atomic E-state index is 0.00902. The van der Waals surface area contributed by atoms with Gasteiger partial charge >= 0.3 is 6.03 Å². The second-order valence-electron chi connectivity index (χ2n) is 5.25. The molecule has 2 atom stereocenters. The number of urea groups is 1.